The Morgan fingerprint density at radius 2 is 2.04 bits per heavy atom. The highest BCUT2D eigenvalue weighted by Crippen LogP contribution is 2.16. The molecule has 0 unspecified atom stereocenters. The van der Waals surface area contributed by atoms with Crippen molar-refractivity contribution in [1.82, 2.24) is 10.2 Å². The minimum Gasteiger partial charge on any atom is -0.481 e. The predicted octanol–water partition coefficient (Wildman–Crippen LogP) is 2.26. The van der Waals surface area contributed by atoms with Gasteiger partial charge in [-0.15, -0.1) is 0 Å². The Hall–Kier alpha value is -1.88. The molecule has 0 radical (unpaired) electrons. The molecule has 0 saturated carbocycles. The molecule has 1 heterocycles. The van der Waals surface area contributed by atoms with Gasteiger partial charge in [0, 0.05) is 24.7 Å². The van der Waals surface area contributed by atoms with Crippen LogP contribution in [0, 0.1) is 0 Å². The summed E-state index contributed by atoms with van der Waals surface area (Å²) in [6, 6.07) is 7.15. The van der Waals surface area contributed by atoms with Gasteiger partial charge in [-0.05, 0) is 45.4 Å². The number of piperidine rings is 1. The molecule has 1 fully saturated rings. The average Bonchev–Trinajstić information content (AvgIpc) is 2.55. The molecule has 5 heteroatoms. The van der Waals surface area contributed by atoms with Gasteiger partial charge in [0.25, 0.3) is 5.91 Å². The summed E-state index contributed by atoms with van der Waals surface area (Å²) in [7, 11) is 0. The van der Waals surface area contributed by atoms with Crippen LogP contribution in [-0.2, 0) is 4.79 Å². The van der Waals surface area contributed by atoms with E-state index in [9.17, 15) is 9.59 Å². The number of nitrogens with one attached hydrogen (secondary N) is 1. The lowest BCUT2D eigenvalue weighted by Crippen LogP contribution is -2.48. The molecule has 0 spiro atoms. The Labute approximate surface area is 138 Å². The molecule has 1 aliphatic rings. The van der Waals surface area contributed by atoms with E-state index in [1.807, 2.05) is 0 Å². The summed E-state index contributed by atoms with van der Waals surface area (Å²) in [5, 5.41) is 3.06. The fourth-order valence-corrected chi connectivity index (χ4v) is 2.76. The van der Waals surface area contributed by atoms with Crippen molar-refractivity contribution in [2.75, 3.05) is 19.6 Å². The van der Waals surface area contributed by atoms with E-state index in [1.54, 1.807) is 31.2 Å². The van der Waals surface area contributed by atoms with Crippen LogP contribution in [0.4, 0.5) is 0 Å². The Morgan fingerprint density at radius 3 is 2.65 bits per heavy atom. The van der Waals surface area contributed by atoms with Crippen LogP contribution >= 0.6 is 0 Å². The van der Waals surface area contributed by atoms with Crippen molar-refractivity contribution in [2.24, 2.45) is 0 Å². The Morgan fingerprint density at radius 1 is 1.35 bits per heavy atom. The third kappa shape index (κ3) is 5.06. The summed E-state index contributed by atoms with van der Waals surface area (Å²) in [6.45, 7) is 8.51. The molecule has 126 valence electrons. The monoisotopic (exact) mass is 318 g/mol. The summed E-state index contributed by atoms with van der Waals surface area (Å²) >= 11 is 0. The molecule has 1 aliphatic heterocycles. The molecule has 1 atom stereocenters. The third-order valence-corrected chi connectivity index (χ3v) is 4.30. The van der Waals surface area contributed by atoms with E-state index in [0.717, 1.165) is 32.5 Å². The minimum absolute atomic E-state index is 0.0183. The van der Waals surface area contributed by atoms with E-state index in [0.29, 0.717) is 11.3 Å². The quantitative estimate of drug-likeness (QED) is 0.817. The number of hydrogen-bond acceptors (Lipinski definition) is 4. The van der Waals surface area contributed by atoms with Gasteiger partial charge in [0.2, 0.25) is 0 Å². The Kier molecular flexibility index (Phi) is 6.16. The summed E-state index contributed by atoms with van der Waals surface area (Å²) in [5.74, 6) is 0.421. The zero-order chi connectivity index (χ0) is 16.8. The number of likely N-dealkylation sites (tertiary alicyclic amines) is 1. The number of nitrogens with zero attached hydrogens (tertiary/aromatic N) is 1. The highest BCUT2D eigenvalue weighted by Gasteiger charge is 2.23. The van der Waals surface area contributed by atoms with Crippen LogP contribution in [0.3, 0.4) is 0 Å². The van der Waals surface area contributed by atoms with Gasteiger partial charge in [-0.3, -0.25) is 9.59 Å². The maximum Gasteiger partial charge on any atom is 0.260 e. The zero-order valence-corrected chi connectivity index (χ0v) is 14.2. The lowest BCUT2D eigenvalue weighted by molar-refractivity contribution is -0.128. The van der Waals surface area contributed by atoms with Crippen LogP contribution in [0.15, 0.2) is 24.3 Å². The molecule has 0 aromatic heterocycles. The zero-order valence-electron chi connectivity index (χ0n) is 14.2. The SMILES string of the molecule is CCN1CCC(NC(=O)[C@@H](C)Oc2cccc(C(C)=O)c2)CC1. The summed E-state index contributed by atoms with van der Waals surface area (Å²) in [6.07, 6.45) is 1.37. The fraction of sp³-hybridized carbons (Fsp3) is 0.556. The first kappa shape index (κ1) is 17.5. The van der Waals surface area contributed by atoms with E-state index < -0.39 is 6.10 Å². The molecule has 2 rings (SSSR count). The average molecular weight is 318 g/mol. The lowest BCUT2D eigenvalue weighted by Gasteiger charge is -2.32. The molecule has 1 aromatic carbocycles. The second-order valence-electron chi connectivity index (χ2n) is 6.06. The summed E-state index contributed by atoms with van der Waals surface area (Å²) in [4.78, 5) is 26.0. The van der Waals surface area contributed by atoms with Crippen LogP contribution in [-0.4, -0.2) is 48.4 Å². The van der Waals surface area contributed by atoms with Crippen molar-refractivity contribution in [2.45, 2.75) is 45.8 Å². The number of carbonyl (C=O) groups is 2. The Balaban J connectivity index is 1.85. The molecule has 1 N–H and O–H groups in total. The third-order valence-electron chi connectivity index (χ3n) is 4.30. The number of ether oxygens (including phenoxy) is 1. The van der Waals surface area contributed by atoms with Gasteiger partial charge in [0.15, 0.2) is 11.9 Å². The maximum atomic E-state index is 12.3. The van der Waals surface area contributed by atoms with E-state index in [-0.39, 0.29) is 17.7 Å². The molecule has 23 heavy (non-hydrogen) atoms. The fourth-order valence-electron chi connectivity index (χ4n) is 2.76. The van der Waals surface area contributed by atoms with Crippen LogP contribution in [0.1, 0.15) is 44.0 Å². The van der Waals surface area contributed by atoms with Gasteiger partial charge in [-0.2, -0.15) is 0 Å². The van der Waals surface area contributed by atoms with E-state index in [1.165, 1.54) is 6.92 Å². The first-order chi connectivity index (χ1) is 11.0. The first-order valence-electron chi connectivity index (χ1n) is 8.30. The number of benzene rings is 1. The van der Waals surface area contributed by atoms with Crippen LogP contribution in [0.25, 0.3) is 0 Å². The molecule has 1 saturated heterocycles. The second kappa shape index (κ2) is 8.11. The van der Waals surface area contributed by atoms with Gasteiger partial charge in [-0.25, -0.2) is 0 Å². The molecular formula is C18H26N2O3. The van der Waals surface area contributed by atoms with Crippen molar-refractivity contribution in [3.63, 3.8) is 0 Å². The van der Waals surface area contributed by atoms with Crippen LogP contribution in [0.5, 0.6) is 5.75 Å². The lowest BCUT2D eigenvalue weighted by atomic mass is 10.0. The van der Waals surface area contributed by atoms with Gasteiger partial charge < -0.3 is 15.0 Å². The molecule has 5 nitrogen and oxygen atoms in total. The van der Waals surface area contributed by atoms with Gasteiger partial charge in [0.1, 0.15) is 5.75 Å². The van der Waals surface area contributed by atoms with E-state index in [4.69, 9.17) is 4.74 Å². The van der Waals surface area contributed by atoms with Crippen molar-refractivity contribution < 1.29 is 14.3 Å². The van der Waals surface area contributed by atoms with Gasteiger partial charge in [0.05, 0.1) is 0 Å². The van der Waals surface area contributed by atoms with Gasteiger partial charge >= 0.3 is 0 Å². The van der Waals surface area contributed by atoms with Gasteiger partial charge in [-0.1, -0.05) is 19.1 Å². The van der Waals surface area contributed by atoms with Crippen molar-refractivity contribution in [1.29, 1.82) is 0 Å². The highest BCUT2D eigenvalue weighted by atomic mass is 16.5. The largest absolute Gasteiger partial charge is 0.481 e. The number of rotatable bonds is 6. The molecule has 0 aliphatic carbocycles. The summed E-state index contributed by atoms with van der Waals surface area (Å²) in [5.41, 5.74) is 0.585. The summed E-state index contributed by atoms with van der Waals surface area (Å²) < 4.78 is 5.68. The molecule has 1 aromatic rings. The Bertz CT molecular complexity index is 551. The molecule has 0 bridgehead atoms. The highest BCUT2D eigenvalue weighted by molar-refractivity contribution is 5.94. The first-order valence-corrected chi connectivity index (χ1v) is 8.30. The predicted molar refractivity (Wildman–Crippen MR) is 89.8 cm³/mol. The number of Topliss-reactive ketones (excluding diaryl/α,β-unsaturated/α-hetero) is 1. The van der Waals surface area contributed by atoms with Crippen molar-refractivity contribution in [3.8, 4) is 5.75 Å². The van der Waals surface area contributed by atoms with Crippen LogP contribution < -0.4 is 10.1 Å². The van der Waals surface area contributed by atoms with Crippen LogP contribution in [0.2, 0.25) is 0 Å². The molecule has 1 amide bonds. The topological polar surface area (TPSA) is 58.6 Å². The number of amides is 1. The number of hydrogen-bond donors (Lipinski definition) is 1. The van der Waals surface area contributed by atoms with Crippen molar-refractivity contribution >= 4 is 11.7 Å². The second-order valence-corrected chi connectivity index (χ2v) is 6.06. The van der Waals surface area contributed by atoms with E-state index in [2.05, 4.69) is 17.1 Å². The number of carbonyl (C=O) groups excluding carboxylic acids is 2. The maximum absolute atomic E-state index is 12.3. The standard InChI is InChI=1S/C18H26N2O3/c1-4-20-10-8-16(9-11-20)19-18(22)14(3)23-17-7-5-6-15(12-17)13(2)21/h5-7,12,14,16H,4,8-11H2,1-3H3,(H,19,22)/t14-/m1/s1. The smallest absolute Gasteiger partial charge is 0.260 e. The molecular weight excluding hydrogens is 292 g/mol. The minimum atomic E-state index is -0.582. The number of ketones is 1. The van der Waals surface area contributed by atoms with E-state index >= 15 is 0 Å². The van der Waals surface area contributed by atoms with Crippen molar-refractivity contribution in [3.05, 3.63) is 29.8 Å². The normalized spacial score (nSPS) is 17.5.